The van der Waals surface area contributed by atoms with Crippen LogP contribution in [0.25, 0.3) is 22.3 Å². The van der Waals surface area contributed by atoms with E-state index in [0.29, 0.717) is 21.7 Å². The summed E-state index contributed by atoms with van der Waals surface area (Å²) in [5, 5.41) is 0.315. The molecule has 0 saturated heterocycles. The van der Waals surface area contributed by atoms with Crippen molar-refractivity contribution in [1.29, 1.82) is 0 Å². The van der Waals surface area contributed by atoms with Crippen molar-refractivity contribution < 1.29 is 16.8 Å². The van der Waals surface area contributed by atoms with Crippen LogP contribution in [-0.4, -0.2) is 66.8 Å². The maximum Gasteiger partial charge on any atom is 0.329 e. The van der Waals surface area contributed by atoms with Crippen LogP contribution in [0.5, 0.6) is 0 Å². The molecule has 56 heavy (non-hydrogen) atoms. The van der Waals surface area contributed by atoms with Crippen LogP contribution in [0.1, 0.15) is 46.2 Å². The Morgan fingerprint density at radius 2 is 1.02 bits per heavy atom. The Balaban J connectivity index is 0.000000271. The summed E-state index contributed by atoms with van der Waals surface area (Å²) in [7, 11) is 0.226. The number of aryl methyl sites for hydroxylation is 2. The summed E-state index contributed by atoms with van der Waals surface area (Å²) in [5.41, 5.74) is 3.67. The van der Waals surface area contributed by atoms with E-state index < -0.39 is 46.5 Å². The van der Waals surface area contributed by atoms with E-state index >= 15 is 0 Å². The molecule has 6 rings (SSSR count). The summed E-state index contributed by atoms with van der Waals surface area (Å²) in [6.45, 7) is 7.57. The standard InChI is InChI=1S/C17H19ClN4O4S.C13H10Cl2N4O4S.C3H9N.CH4/c1-10(2)9-27(25,26)17-19-14-13(15(23)20-16(24)21(14)3)22(17)8-11-4-6-12(18)7-5-11;1-18-10-9(11(20)17-12(18)21)19(13(16-10)24(15,22)23)6-7-2-4-8(14)5-3-7;1-3(2)4;/h4-7,10H,8-9H2,1-3H3,(H,20,23,24);2-5H,6H2,1H3,(H,17,20,21);3H,4H2,1-2H3;1H4. The van der Waals surface area contributed by atoms with Crippen molar-refractivity contribution in [3.63, 3.8) is 0 Å². The van der Waals surface area contributed by atoms with Crippen LogP contribution < -0.4 is 28.2 Å². The lowest BCUT2D eigenvalue weighted by molar-refractivity contribution is 0.562. The number of nitrogens with one attached hydrogen (secondary N) is 2. The Hall–Kier alpha value is -4.53. The molecule has 0 spiro atoms. The van der Waals surface area contributed by atoms with Crippen molar-refractivity contribution in [1.82, 2.24) is 38.2 Å². The lowest BCUT2D eigenvalue weighted by Crippen LogP contribution is -2.29. The molecular weight excluding hydrogens is 833 g/mol. The molecule has 0 amide bonds. The lowest BCUT2D eigenvalue weighted by atomic mass is 10.2. The predicted molar refractivity (Wildman–Crippen MR) is 218 cm³/mol. The van der Waals surface area contributed by atoms with Gasteiger partial charge in [0, 0.05) is 34.8 Å². The number of nitrogens with zero attached hydrogens (tertiary/aromatic N) is 6. The smallest absolute Gasteiger partial charge is 0.328 e. The van der Waals surface area contributed by atoms with E-state index in [1.165, 1.54) is 18.7 Å². The van der Waals surface area contributed by atoms with Gasteiger partial charge in [-0.1, -0.05) is 82.6 Å². The molecule has 0 saturated carbocycles. The highest BCUT2D eigenvalue weighted by Gasteiger charge is 2.28. The van der Waals surface area contributed by atoms with E-state index in [0.717, 1.165) is 19.3 Å². The first-order valence-corrected chi connectivity index (χ1v) is 21.0. The van der Waals surface area contributed by atoms with E-state index in [1.807, 2.05) is 13.8 Å². The molecule has 4 N–H and O–H groups in total. The van der Waals surface area contributed by atoms with Gasteiger partial charge in [0.1, 0.15) is 0 Å². The van der Waals surface area contributed by atoms with Gasteiger partial charge in [-0.25, -0.2) is 26.4 Å². The molecule has 0 unspecified atom stereocenters. The van der Waals surface area contributed by atoms with Crippen molar-refractivity contribution in [3.8, 4) is 0 Å². The van der Waals surface area contributed by atoms with E-state index in [2.05, 4.69) is 19.9 Å². The molecule has 0 aliphatic heterocycles. The number of hydrogen-bond donors (Lipinski definition) is 3. The van der Waals surface area contributed by atoms with Crippen molar-refractivity contribution in [2.45, 2.75) is 64.6 Å². The van der Waals surface area contributed by atoms with Gasteiger partial charge in [-0.05, 0) is 47.4 Å². The summed E-state index contributed by atoms with van der Waals surface area (Å²) < 4.78 is 54.1. The van der Waals surface area contributed by atoms with Crippen LogP contribution in [0.15, 0.2) is 78.0 Å². The molecule has 4 aromatic heterocycles. The summed E-state index contributed by atoms with van der Waals surface area (Å²) in [5.74, 6) is -0.246. The third kappa shape index (κ3) is 10.6. The second-order valence-corrected chi connectivity index (χ2v) is 18.3. The molecule has 0 atom stereocenters. The molecule has 4 heterocycles. The van der Waals surface area contributed by atoms with Gasteiger partial charge in [0.25, 0.3) is 20.2 Å². The van der Waals surface area contributed by atoms with Gasteiger partial charge in [-0.3, -0.25) is 28.7 Å². The SMILES string of the molecule is C.CC(C)CS(=O)(=O)c1nc2c(c(=O)[nH]c(=O)n2C)n1Cc1ccc(Cl)cc1.CC(C)N.Cn1c(=O)[nH]c(=O)c2c1nc(S(=O)(=O)Cl)n2Cc1ccc(Cl)cc1. The minimum atomic E-state index is -4.24. The number of H-pyrrole nitrogens is 2. The Kier molecular flexibility index (Phi) is 14.9. The zero-order valence-corrected chi connectivity index (χ0v) is 34.3. The van der Waals surface area contributed by atoms with Gasteiger partial charge in [-0.2, -0.15) is 9.97 Å². The maximum atomic E-state index is 12.9. The van der Waals surface area contributed by atoms with Gasteiger partial charge < -0.3 is 14.9 Å². The molecule has 0 aliphatic carbocycles. The minimum absolute atomic E-state index is 0. The first-order chi connectivity index (χ1) is 25.5. The van der Waals surface area contributed by atoms with Crippen LogP contribution in [0.2, 0.25) is 10.0 Å². The number of aromatic nitrogens is 8. The highest BCUT2D eigenvalue weighted by molar-refractivity contribution is 8.13. The van der Waals surface area contributed by atoms with E-state index in [4.69, 9.17) is 39.6 Å². The number of sulfone groups is 1. The number of fused-ring (bicyclic) bond motifs is 2. The van der Waals surface area contributed by atoms with Crippen molar-refractivity contribution >= 4 is 75.1 Å². The maximum absolute atomic E-state index is 12.9. The van der Waals surface area contributed by atoms with E-state index in [9.17, 15) is 36.0 Å². The Morgan fingerprint density at radius 1 is 0.679 bits per heavy atom. The van der Waals surface area contributed by atoms with Gasteiger partial charge >= 0.3 is 11.4 Å². The molecule has 0 fully saturated rings. The molecule has 304 valence electrons. The average Bonchev–Trinajstić information content (AvgIpc) is 3.65. The summed E-state index contributed by atoms with van der Waals surface area (Å²) in [6.07, 6.45) is 0. The fourth-order valence-electron chi connectivity index (χ4n) is 5.20. The van der Waals surface area contributed by atoms with Crippen LogP contribution in [0, 0.1) is 5.92 Å². The van der Waals surface area contributed by atoms with Crippen LogP contribution in [0.4, 0.5) is 0 Å². The fraction of sp³-hybridized carbons (Fsp3) is 0.353. The molecule has 0 aliphatic rings. The summed E-state index contributed by atoms with van der Waals surface area (Å²) in [6, 6.07) is 13.8. The fourth-order valence-corrected chi connectivity index (χ4v) is 8.17. The third-order valence-electron chi connectivity index (χ3n) is 7.50. The first kappa shape index (κ1) is 45.9. The Bertz CT molecular complexity index is 2820. The monoisotopic (exact) mass is 873 g/mol. The van der Waals surface area contributed by atoms with E-state index in [1.54, 1.807) is 62.4 Å². The first-order valence-electron chi connectivity index (χ1n) is 16.3. The number of benzene rings is 2. The third-order valence-corrected chi connectivity index (χ3v) is 11.1. The second kappa shape index (κ2) is 18.2. The molecule has 22 heteroatoms. The highest BCUT2D eigenvalue weighted by atomic mass is 35.7. The Labute approximate surface area is 336 Å². The van der Waals surface area contributed by atoms with Gasteiger partial charge in [0.05, 0.1) is 18.8 Å². The molecule has 0 radical (unpaired) electrons. The van der Waals surface area contributed by atoms with Crippen molar-refractivity contribution in [2.24, 2.45) is 25.7 Å². The number of imidazole rings is 2. The molecule has 17 nitrogen and oxygen atoms in total. The molecular formula is C34H42Cl3N9O8S2. The normalized spacial score (nSPS) is 11.6. The summed E-state index contributed by atoms with van der Waals surface area (Å²) >= 11 is 11.7. The minimum Gasteiger partial charge on any atom is -0.328 e. The van der Waals surface area contributed by atoms with Crippen LogP contribution in [-0.2, 0) is 46.1 Å². The topological polar surface area (TPSA) is 240 Å². The largest absolute Gasteiger partial charge is 0.329 e. The molecule has 0 bridgehead atoms. The quantitative estimate of drug-likeness (QED) is 0.187. The second-order valence-electron chi connectivity index (χ2n) is 13.1. The van der Waals surface area contributed by atoms with Gasteiger partial charge in [0.2, 0.25) is 20.2 Å². The number of hydrogen-bond acceptors (Lipinski definition) is 11. The number of halogens is 3. The zero-order chi connectivity index (χ0) is 41.2. The lowest BCUT2D eigenvalue weighted by Gasteiger charge is -2.11. The number of nitrogens with two attached hydrogens (primary N) is 1. The average molecular weight is 875 g/mol. The van der Waals surface area contributed by atoms with Crippen molar-refractivity contribution in [2.75, 3.05) is 5.75 Å². The van der Waals surface area contributed by atoms with Crippen LogP contribution in [0.3, 0.4) is 0 Å². The van der Waals surface area contributed by atoms with Gasteiger partial charge in [0.15, 0.2) is 22.3 Å². The highest BCUT2D eigenvalue weighted by Crippen LogP contribution is 2.23. The Morgan fingerprint density at radius 3 is 1.36 bits per heavy atom. The van der Waals surface area contributed by atoms with Crippen LogP contribution >= 0.6 is 33.9 Å². The predicted octanol–water partition coefficient (Wildman–Crippen LogP) is 3.60. The number of aromatic amines is 2. The van der Waals surface area contributed by atoms with E-state index in [-0.39, 0.29) is 59.7 Å². The van der Waals surface area contributed by atoms with Crippen molar-refractivity contribution in [3.05, 3.63) is 111 Å². The summed E-state index contributed by atoms with van der Waals surface area (Å²) in [4.78, 5) is 60.5. The zero-order valence-electron chi connectivity index (χ0n) is 30.4. The van der Waals surface area contributed by atoms with Gasteiger partial charge in [-0.15, -0.1) is 0 Å². The molecule has 2 aromatic carbocycles. The molecule has 6 aromatic rings. The number of rotatable bonds is 8.